The van der Waals surface area contributed by atoms with E-state index in [1.807, 2.05) is 19.1 Å². The van der Waals surface area contributed by atoms with Gasteiger partial charge in [0.2, 0.25) is 6.29 Å². The van der Waals surface area contributed by atoms with Crippen LogP contribution in [0.5, 0.6) is 0 Å². The van der Waals surface area contributed by atoms with Gasteiger partial charge in [0.15, 0.2) is 0 Å². The largest absolute Gasteiger partial charge is 0.513 e. The van der Waals surface area contributed by atoms with Gasteiger partial charge in [-0.05, 0) is 6.42 Å². The normalized spacial score (nSPS) is 23.2. The molecule has 3 aliphatic rings. The third-order valence-electron chi connectivity index (χ3n) is 9.46. The van der Waals surface area contributed by atoms with Crippen LogP contribution in [0.3, 0.4) is 0 Å². The summed E-state index contributed by atoms with van der Waals surface area (Å²) >= 11 is 0. The Bertz CT molecular complexity index is 1160. The number of carbonyl (C=O) groups excluding carboxylic acids is 3. The topological polar surface area (TPSA) is 88.1 Å². The molecule has 8 nitrogen and oxygen atoms in total. The van der Waals surface area contributed by atoms with Crippen LogP contribution < -0.4 is 0 Å². The number of unbranched alkanes of at least 4 members (excludes halogenated alkanes) is 2. The van der Waals surface area contributed by atoms with Gasteiger partial charge in [-0.2, -0.15) is 0 Å². The van der Waals surface area contributed by atoms with E-state index in [0.29, 0.717) is 29.6 Å². The highest BCUT2D eigenvalue weighted by Gasteiger charge is 2.57. The molecule has 0 N–H and O–H groups in total. The van der Waals surface area contributed by atoms with Crippen LogP contribution in [-0.2, 0) is 34.1 Å². The van der Waals surface area contributed by atoms with Crippen LogP contribution in [0.1, 0.15) is 89.2 Å². The number of hydrogen-bond acceptors (Lipinski definition) is 7. The van der Waals surface area contributed by atoms with E-state index >= 15 is 0 Å². The number of hydrogen-bond donors (Lipinski definition) is 0. The second-order valence-electron chi connectivity index (χ2n) is 12.0. The van der Waals surface area contributed by atoms with E-state index in [2.05, 4.69) is 0 Å². The molecule has 3 aliphatic heterocycles. The van der Waals surface area contributed by atoms with Crippen LogP contribution in [-0.4, -0.2) is 60.1 Å². The first-order valence-electron chi connectivity index (χ1n) is 15.6. The lowest BCUT2D eigenvalue weighted by Gasteiger charge is -2.47. The van der Waals surface area contributed by atoms with E-state index < -0.39 is 30.0 Å². The van der Waals surface area contributed by atoms with E-state index in [4.69, 9.17) is 18.9 Å². The van der Waals surface area contributed by atoms with Crippen LogP contribution in [0.25, 0.3) is 0 Å². The highest BCUT2D eigenvalue weighted by molar-refractivity contribution is 5.88. The van der Waals surface area contributed by atoms with Gasteiger partial charge >= 0.3 is 18.1 Å². The molecule has 2 aromatic carbocycles. The summed E-state index contributed by atoms with van der Waals surface area (Å²) in [7, 11) is 0. The molecule has 1 spiro atoms. The maximum Gasteiger partial charge on any atom is 0.513 e. The van der Waals surface area contributed by atoms with Crippen molar-refractivity contribution in [2.24, 2.45) is 0 Å². The fraction of sp³-hybridized carbons (Fsp3) is 0.559. The Morgan fingerprint density at radius 3 is 1.98 bits per heavy atom. The molecule has 3 fully saturated rings. The quantitative estimate of drug-likeness (QED) is 0.100. The summed E-state index contributed by atoms with van der Waals surface area (Å²) in [6.07, 6.45) is 6.77. The van der Waals surface area contributed by atoms with Gasteiger partial charge in [-0.1, -0.05) is 80.4 Å². The number of benzene rings is 2. The Labute approximate surface area is 248 Å². The summed E-state index contributed by atoms with van der Waals surface area (Å²) in [5.41, 5.74) is -1.01. The summed E-state index contributed by atoms with van der Waals surface area (Å²) in [6.45, 7) is 5.96. The molecule has 0 saturated carbocycles. The van der Waals surface area contributed by atoms with E-state index in [1.54, 1.807) is 48.5 Å². The summed E-state index contributed by atoms with van der Waals surface area (Å²) in [5.74, 6) is -1.11. The number of rotatable bonds is 11. The molecule has 2 bridgehead atoms. The minimum absolute atomic E-state index is 0.240. The third kappa shape index (κ3) is 6.19. The first kappa shape index (κ1) is 30.1. The van der Waals surface area contributed by atoms with E-state index in [1.165, 1.54) is 50.2 Å². The molecule has 2 aromatic rings. The Morgan fingerprint density at radius 2 is 1.43 bits per heavy atom. The molecule has 5 rings (SSSR count). The zero-order valence-electron chi connectivity index (χ0n) is 24.9. The number of quaternary nitrogens is 1. The standard InChI is InChI=1S/C34H44NO7/c1-3-4-7-18-31(36)39-25(2)40-33(38)42-34(26-14-8-5-9-15-26,27-16-10-6-11-17-27)32(37)41-30-23-28-19-20-29(24-30)35(28)21-12-13-22-35/h5-6,8-11,14-17,25,28-30H,3-4,7,12-13,18-24H2,1-2H3/q+1. The number of ether oxygens (including phenoxy) is 4. The van der Waals surface area contributed by atoms with E-state index in [9.17, 15) is 14.4 Å². The Morgan fingerprint density at radius 1 is 0.857 bits per heavy atom. The van der Waals surface area contributed by atoms with Gasteiger partial charge in [0.05, 0.1) is 25.2 Å². The highest BCUT2D eigenvalue weighted by atomic mass is 16.8. The molecule has 0 amide bonds. The van der Waals surface area contributed by atoms with Gasteiger partial charge in [-0.3, -0.25) is 4.79 Å². The van der Waals surface area contributed by atoms with E-state index in [0.717, 1.165) is 25.7 Å². The molecule has 0 radical (unpaired) electrons. The summed E-state index contributed by atoms with van der Waals surface area (Å²) in [4.78, 5) is 39.9. The molecule has 3 saturated heterocycles. The molecule has 42 heavy (non-hydrogen) atoms. The zero-order chi connectivity index (χ0) is 29.6. The Kier molecular flexibility index (Phi) is 9.51. The van der Waals surface area contributed by atoms with Crippen LogP contribution in [0.15, 0.2) is 60.7 Å². The van der Waals surface area contributed by atoms with Crippen molar-refractivity contribution in [1.82, 2.24) is 0 Å². The molecule has 3 heterocycles. The fourth-order valence-electron chi connectivity index (χ4n) is 7.52. The third-order valence-corrected chi connectivity index (χ3v) is 9.46. The fourth-order valence-corrected chi connectivity index (χ4v) is 7.52. The molecule has 8 heteroatoms. The first-order valence-corrected chi connectivity index (χ1v) is 15.6. The van der Waals surface area contributed by atoms with Crippen molar-refractivity contribution in [3.63, 3.8) is 0 Å². The molecular weight excluding hydrogens is 534 g/mol. The number of piperidine rings is 1. The molecular formula is C34H44NO7+. The predicted octanol–water partition coefficient (Wildman–Crippen LogP) is 6.40. The van der Waals surface area contributed by atoms with Crippen molar-refractivity contribution in [2.45, 2.75) is 108 Å². The summed E-state index contributed by atoms with van der Waals surface area (Å²) in [6, 6.07) is 18.8. The van der Waals surface area contributed by atoms with Crippen LogP contribution in [0.2, 0.25) is 0 Å². The Hall–Kier alpha value is -3.39. The predicted molar refractivity (Wildman–Crippen MR) is 156 cm³/mol. The second-order valence-corrected chi connectivity index (χ2v) is 12.0. The van der Waals surface area contributed by atoms with Gasteiger partial charge in [0.1, 0.15) is 6.10 Å². The first-order chi connectivity index (χ1) is 20.4. The molecule has 0 aromatic heterocycles. The lowest BCUT2D eigenvalue weighted by atomic mass is 9.85. The van der Waals surface area contributed by atoms with Crippen molar-refractivity contribution < 1.29 is 37.8 Å². The van der Waals surface area contributed by atoms with Gasteiger partial charge < -0.3 is 23.4 Å². The van der Waals surface area contributed by atoms with Gasteiger partial charge in [-0.25, -0.2) is 9.59 Å². The average Bonchev–Trinajstić information content (AvgIpc) is 3.53. The van der Waals surface area contributed by atoms with Crippen molar-refractivity contribution in [2.75, 3.05) is 13.1 Å². The SMILES string of the molecule is CCCCCC(=O)OC(C)OC(=O)OC(C(=O)OC1CC2CCC(C1)[N+]21CCCC1)(c1ccccc1)c1ccccc1. The van der Waals surface area contributed by atoms with Gasteiger partial charge in [0.25, 0.3) is 5.60 Å². The highest BCUT2D eigenvalue weighted by Crippen LogP contribution is 2.47. The number of nitrogens with zero attached hydrogens (tertiary/aromatic N) is 1. The van der Waals surface area contributed by atoms with Crippen molar-refractivity contribution in [1.29, 1.82) is 0 Å². The van der Waals surface area contributed by atoms with Crippen LogP contribution in [0, 0.1) is 0 Å². The summed E-state index contributed by atoms with van der Waals surface area (Å²) < 4.78 is 24.1. The van der Waals surface area contributed by atoms with Crippen LogP contribution >= 0.6 is 0 Å². The van der Waals surface area contributed by atoms with Gasteiger partial charge in [0, 0.05) is 63.0 Å². The zero-order valence-corrected chi connectivity index (χ0v) is 24.9. The Balaban J connectivity index is 1.37. The van der Waals surface area contributed by atoms with E-state index in [-0.39, 0.29) is 12.5 Å². The molecule has 3 unspecified atom stereocenters. The maximum atomic E-state index is 14.4. The molecule has 226 valence electrons. The van der Waals surface area contributed by atoms with Crippen molar-refractivity contribution in [3.05, 3.63) is 71.8 Å². The number of carbonyl (C=O) groups is 3. The van der Waals surface area contributed by atoms with Crippen molar-refractivity contribution >= 4 is 18.1 Å². The second kappa shape index (κ2) is 13.3. The van der Waals surface area contributed by atoms with Crippen LogP contribution in [0.4, 0.5) is 4.79 Å². The lowest BCUT2D eigenvalue weighted by molar-refractivity contribution is -0.956. The monoisotopic (exact) mass is 578 g/mol. The molecule has 3 atom stereocenters. The van der Waals surface area contributed by atoms with Gasteiger partial charge in [-0.15, -0.1) is 0 Å². The molecule has 0 aliphatic carbocycles. The lowest BCUT2D eigenvalue weighted by Crippen LogP contribution is -2.60. The smallest absolute Gasteiger partial charge is 0.458 e. The van der Waals surface area contributed by atoms with Crippen molar-refractivity contribution in [3.8, 4) is 0 Å². The average molecular weight is 579 g/mol. The minimum atomic E-state index is -1.90. The summed E-state index contributed by atoms with van der Waals surface area (Å²) in [5, 5.41) is 0. The number of esters is 2. The maximum absolute atomic E-state index is 14.4. The minimum Gasteiger partial charge on any atom is -0.458 e.